The molecule has 1 unspecified atom stereocenters. The Morgan fingerprint density at radius 3 is 0.904 bits per heavy atom. The fourth-order valence-electron chi connectivity index (χ4n) is 8.23. The molecule has 416 valence electrons. The second kappa shape index (κ2) is 60.6. The number of unbranched alkanes of at least 4 members (excludes halogenated alkanes) is 25. The third-order valence-electron chi connectivity index (χ3n) is 12.8. The van der Waals surface area contributed by atoms with Gasteiger partial charge in [0.2, 0.25) is 0 Å². The van der Waals surface area contributed by atoms with Gasteiger partial charge in [-0.3, -0.25) is 14.4 Å². The largest absolute Gasteiger partial charge is 0.462 e. The molecule has 6 heteroatoms. The second-order valence-electron chi connectivity index (χ2n) is 19.9. The lowest BCUT2D eigenvalue weighted by Crippen LogP contribution is -2.30. The van der Waals surface area contributed by atoms with Crippen LogP contribution in [0.15, 0.2) is 109 Å². The number of allylic oxidation sites excluding steroid dienone is 18. The van der Waals surface area contributed by atoms with Gasteiger partial charge in [0.05, 0.1) is 0 Å². The molecule has 0 rings (SSSR count). The van der Waals surface area contributed by atoms with E-state index < -0.39 is 6.10 Å². The standard InChI is InChI=1S/C67H112O6/c1-4-7-10-13-16-19-22-25-28-31-32-33-34-35-36-37-40-42-45-48-51-54-57-60-66(69)72-63-64(73-67(70)61-58-55-52-49-46-43-39-30-27-24-21-18-15-12-9-6-3)62-71-65(68)59-56-53-50-47-44-41-38-29-26-23-20-17-14-11-8-5-2/h7,10,16,19,21,24-25,28,30,32-33,35-36,39-40,42,48,51,64H,4-6,8-9,11-15,17-18,20,22-23,26-27,29,31,34,37-38,41,43-47,49-50,52-63H2,1-3H3/b10-7-,19-16-,24-21-,28-25-,33-32-,36-35-,39-30-,42-40-,51-48-. The van der Waals surface area contributed by atoms with Crippen LogP contribution >= 0.6 is 0 Å². The van der Waals surface area contributed by atoms with Crippen LogP contribution in [0.25, 0.3) is 0 Å². The fourth-order valence-corrected chi connectivity index (χ4v) is 8.23. The lowest BCUT2D eigenvalue weighted by molar-refractivity contribution is -0.167. The molecule has 0 amide bonds. The van der Waals surface area contributed by atoms with Gasteiger partial charge in [-0.15, -0.1) is 0 Å². The molecule has 0 saturated heterocycles. The number of ether oxygens (including phenoxy) is 3. The molecule has 0 aromatic heterocycles. The van der Waals surface area contributed by atoms with E-state index in [1.165, 1.54) is 116 Å². The summed E-state index contributed by atoms with van der Waals surface area (Å²) in [5.41, 5.74) is 0. The summed E-state index contributed by atoms with van der Waals surface area (Å²) in [6, 6.07) is 0. The third-order valence-corrected chi connectivity index (χ3v) is 12.8. The summed E-state index contributed by atoms with van der Waals surface area (Å²) in [5.74, 6) is -0.971. The predicted molar refractivity (Wildman–Crippen MR) is 316 cm³/mol. The maximum Gasteiger partial charge on any atom is 0.306 e. The highest BCUT2D eigenvalue weighted by Crippen LogP contribution is 2.15. The van der Waals surface area contributed by atoms with Crippen LogP contribution in [0.3, 0.4) is 0 Å². The molecule has 0 fully saturated rings. The fraction of sp³-hybridized carbons (Fsp3) is 0.687. The van der Waals surface area contributed by atoms with Crippen LogP contribution < -0.4 is 0 Å². The van der Waals surface area contributed by atoms with Crippen molar-refractivity contribution in [2.45, 2.75) is 284 Å². The summed E-state index contributed by atoms with van der Waals surface area (Å²) in [7, 11) is 0. The van der Waals surface area contributed by atoms with Crippen molar-refractivity contribution in [3.63, 3.8) is 0 Å². The Hall–Kier alpha value is -3.93. The van der Waals surface area contributed by atoms with Crippen molar-refractivity contribution in [1.29, 1.82) is 0 Å². The van der Waals surface area contributed by atoms with Crippen molar-refractivity contribution in [2.24, 2.45) is 0 Å². The molecule has 0 aromatic rings. The highest BCUT2D eigenvalue weighted by atomic mass is 16.6. The maximum absolute atomic E-state index is 12.9. The first-order valence-electron chi connectivity index (χ1n) is 30.4. The van der Waals surface area contributed by atoms with Gasteiger partial charge < -0.3 is 14.2 Å². The minimum atomic E-state index is -0.810. The number of carbonyl (C=O) groups is 3. The molecule has 73 heavy (non-hydrogen) atoms. The van der Waals surface area contributed by atoms with Crippen molar-refractivity contribution in [2.75, 3.05) is 13.2 Å². The molecule has 0 N–H and O–H groups in total. The van der Waals surface area contributed by atoms with Gasteiger partial charge in [0, 0.05) is 19.3 Å². The smallest absolute Gasteiger partial charge is 0.306 e. The molecule has 0 aromatic carbocycles. The molecule has 1 atom stereocenters. The quantitative estimate of drug-likeness (QED) is 0.0261. The van der Waals surface area contributed by atoms with E-state index in [0.29, 0.717) is 19.3 Å². The zero-order valence-electron chi connectivity index (χ0n) is 47.6. The maximum atomic E-state index is 12.9. The molecule has 0 radical (unpaired) electrons. The van der Waals surface area contributed by atoms with Crippen LogP contribution in [0.5, 0.6) is 0 Å². The van der Waals surface area contributed by atoms with E-state index in [2.05, 4.69) is 130 Å². The summed E-state index contributed by atoms with van der Waals surface area (Å²) >= 11 is 0. The van der Waals surface area contributed by atoms with Gasteiger partial charge in [0.1, 0.15) is 13.2 Å². The highest BCUT2D eigenvalue weighted by molar-refractivity contribution is 5.71. The van der Waals surface area contributed by atoms with Crippen LogP contribution in [0.1, 0.15) is 278 Å². The van der Waals surface area contributed by atoms with Gasteiger partial charge in [-0.1, -0.05) is 265 Å². The first-order valence-corrected chi connectivity index (χ1v) is 30.4. The van der Waals surface area contributed by atoms with Crippen LogP contribution in [-0.2, 0) is 28.6 Å². The molecule has 0 aliphatic carbocycles. The average molecular weight is 1010 g/mol. The molecule has 0 aliphatic heterocycles. The first-order chi connectivity index (χ1) is 36.0. The van der Waals surface area contributed by atoms with Crippen LogP contribution in [0, 0.1) is 0 Å². The molecule has 0 saturated carbocycles. The zero-order chi connectivity index (χ0) is 52.9. The lowest BCUT2D eigenvalue weighted by atomic mass is 10.0. The molecule has 6 nitrogen and oxygen atoms in total. The molecule has 0 aliphatic rings. The Bertz CT molecular complexity index is 1490. The molecule has 0 bridgehead atoms. The van der Waals surface area contributed by atoms with E-state index in [1.807, 2.05) is 0 Å². The summed E-state index contributed by atoms with van der Waals surface area (Å²) in [6.45, 7) is 6.47. The normalized spacial score (nSPS) is 12.9. The van der Waals surface area contributed by atoms with Crippen molar-refractivity contribution in [3.05, 3.63) is 109 Å². The van der Waals surface area contributed by atoms with Crippen LogP contribution in [0.4, 0.5) is 0 Å². The molecular weight excluding hydrogens is 901 g/mol. The average Bonchev–Trinajstić information content (AvgIpc) is 3.39. The number of rotatable bonds is 54. The number of carbonyl (C=O) groups excluding carboxylic acids is 3. The Morgan fingerprint density at radius 2 is 0.548 bits per heavy atom. The third kappa shape index (κ3) is 58.8. The monoisotopic (exact) mass is 1010 g/mol. The van der Waals surface area contributed by atoms with Gasteiger partial charge >= 0.3 is 17.9 Å². The van der Waals surface area contributed by atoms with E-state index in [1.54, 1.807) is 0 Å². The predicted octanol–water partition coefficient (Wildman–Crippen LogP) is 20.7. The van der Waals surface area contributed by atoms with E-state index in [0.717, 1.165) is 116 Å². The highest BCUT2D eigenvalue weighted by Gasteiger charge is 2.19. The lowest BCUT2D eigenvalue weighted by Gasteiger charge is -2.18. The van der Waals surface area contributed by atoms with Gasteiger partial charge in [-0.25, -0.2) is 0 Å². The van der Waals surface area contributed by atoms with Gasteiger partial charge in [0.25, 0.3) is 0 Å². The minimum absolute atomic E-state index is 0.101. The Morgan fingerprint density at radius 1 is 0.288 bits per heavy atom. The van der Waals surface area contributed by atoms with Gasteiger partial charge in [-0.2, -0.15) is 0 Å². The number of hydrogen-bond donors (Lipinski definition) is 0. The zero-order valence-corrected chi connectivity index (χ0v) is 47.6. The number of hydrogen-bond acceptors (Lipinski definition) is 6. The summed E-state index contributed by atoms with van der Waals surface area (Å²) < 4.78 is 16.8. The number of esters is 3. The van der Waals surface area contributed by atoms with E-state index in [9.17, 15) is 14.4 Å². The Balaban J connectivity index is 4.49. The van der Waals surface area contributed by atoms with E-state index in [4.69, 9.17) is 14.2 Å². The van der Waals surface area contributed by atoms with Crippen molar-refractivity contribution in [1.82, 2.24) is 0 Å². The summed E-state index contributed by atoms with van der Waals surface area (Å²) in [6.07, 6.45) is 82.3. The second-order valence-corrected chi connectivity index (χ2v) is 19.9. The van der Waals surface area contributed by atoms with Crippen molar-refractivity contribution >= 4 is 17.9 Å². The van der Waals surface area contributed by atoms with E-state index >= 15 is 0 Å². The topological polar surface area (TPSA) is 78.9 Å². The minimum Gasteiger partial charge on any atom is -0.462 e. The van der Waals surface area contributed by atoms with Crippen LogP contribution in [-0.4, -0.2) is 37.2 Å². The summed E-state index contributed by atoms with van der Waals surface area (Å²) in [5, 5.41) is 0. The van der Waals surface area contributed by atoms with Gasteiger partial charge in [0.15, 0.2) is 6.10 Å². The molecular formula is C67H112O6. The van der Waals surface area contributed by atoms with Gasteiger partial charge in [-0.05, 0) is 103 Å². The van der Waals surface area contributed by atoms with Crippen molar-refractivity contribution < 1.29 is 28.6 Å². The summed E-state index contributed by atoms with van der Waals surface area (Å²) in [4.78, 5) is 38.2. The van der Waals surface area contributed by atoms with Crippen molar-refractivity contribution in [3.8, 4) is 0 Å². The molecule has 0 heterocycles. The first kappa shape index (κ1) is 69.1. The Labute approximate surface area is 450 Å². The SMILES string of the molecule is CC/C=C\C/C=C\C/C=C\C/C=C\C/C=C\C/C=C\C/C=C\CCCC(=O)OCC(COC(=O)CCCCCCCCCCCCCCCCCC)OC(=O)CCCCCCC/C=C\C/C=C\CCCCCC. The van der Waals surface area contributed by atoms with Crippen LogP contribution in [0.2, 0.25) is 0 Å². The Kier molecular flexibility index (Phi) is 57.4. The van der Waals surface area contributed by atoms with E-state index in [-0.39, 0.29) is 37.5 Å². The molecule has 0 spiro atoms.